The van der Waals surface area contributed by atoms with Crippen LogP contribution in [-0.4, -0.2) is 42.6 Å². The molecule has 1 saturated carbocycles. The monoisotopic (exact) mass is 499 g/mol. The number of nitrogens with zero attached hydrogens (tertiary/aromatic N) is 3. The molecule has 0 aliphatic heterocycles. The molecule has 0 bridgehead atoms. The molecule has 32 heavy (non-hydrogen) atoms. The Balaban J connectivity index is 1.88. The van der Waals surface area contributed by atoms with Gasteiger partial charge in [-0.15, -0.1) is 11.3 Å². The van der Waals surface area contributed by atoms with Crippen molar-refractivity contribution in [2.24, 2.45) is 15.7 Å². The molecule has 3 rings (SSSR count). The summed E-state index contributed by atoms with van der Waals surface area (Å²) < 4.78 is 34.9. The second-order valence-corrected chi connectivity index (χ2v) is 11.3. The maximum atomic E-state index is 12.8. The second kappa shape index (κ2) is 9.86. The largest absolute Gasteiger partial charge is 0.504 e. The van der Waals surface area contributed by atoms with E-state index in [2.05, 4.69) is 41.4 Å². The van der Waals surface area contributed by atoms with Gasteiger partial charge in [-0.25, -0.2) is 13.4 Å². The molecule has 2 heterocycles. The fraction of sp³-hybridized carbons (Fsp3) is 0.500. The highest BCUT2D eigenvalue weighted by atomic mass is 32.2. The van der Waals surface area contributed by atoms with Crippen molar-refractivity contribution in [3.05, 3.63) is 29.0 Å². The minimum absolute atomic E-state index is 0.0190. The van der Waals surface area contributed by atoms with Gasteiger partial charge in [0, 0.05) is 18.5 Å². The minimum atomic E-state index is -3.79. The van der Waals surface area contributed by atoms with Crippen LogP contribution in [0.2, 0.25) is 0 Å². The number of rotatable bonds is 8. The lowest BCUT2D eigenvalue weighted by molar-refractivity contribution is 0.445. The number of nitrogens with two attached hydrogens (primary N) is 1. The number of furan rings is 1. The third-order valence-corrected chi connectivity index (χ3v) is 8.88. The Morgan fingerprint density at radius 1 is 1.47 bits per heavy atom. The van der Waals surface area contributed by atoms with Gasteiger partial charge < -0.3 is 20.0 Å². The van der Waals surface area contributed by atoms with Gasteiger partial charge in [-0.05, 0) is 36.8 Å². The quantitative estimate of drug-likeness (QED) is 0.247. The number of hydrogen-bond acceptors (Lipinski definition) is 8. The summed E-state index contributed by atoms with van der Waals surface area (Å²) >= 11 is 4.99. The molecule has 0 radical (unpaired) electrons. The first-order chi connectivity index (χ1) is 15.1. The zero-order chi connectivity index (χ0) is 23.6. The van der Waals surface area contributed by atoms with Crippen LogP contribution in [0.15, 0.2) is 36.3 Å². The fourth-order valence-corrected chi connectivity index (χ4v) is 6.01. The summed E-state index contributed by atoms with van der Waals surface area (Å²) in [5.74, 6) is 0.743. The van der Waals surface area contributed by atoms with E-state index in [0.29, 0.717) is 18.1 Å². The molecule has 0 saturated heterocycles. The molecule has 1 fully saturated rings. The molecule has 4 N–H and O–H groups in total. The standard InChI is InChI=1S/C20H29N5O4S3/c1-5-14(16-8-12(9-29-16)11(2)3)23-19(24-30)18(21)22-15-10-31-20(17(15)26)32(27,28)25(4)13-6-7-13/h8-11,13-14,26,30H,5-7H2,1-4H3,(H2,21,22)(H,23,24)/t14-/m1/s1. The van der Waals surface area contributed by atoms with Crippen LogP contribution < -0.4 is 10.5 Å². The molecule has 1 atom stereocenters. The first kappa shape index (κ1) is 24.6. The van der Waals surface area contributed by atoms with Gasteiger partial charge in [-0.1, -0.05) is 33.6 Å². The Kier molecular flexibility index (Phi) is 7.58. The first-order valence-corrected chi connectivity index (χ1v) is 13.1. The SMILES string of the molecule is CC[C@@H](N=C(NS)C(N)=Nc1csc(S(=O)(=O)N(C)C2CC2)c1O)c1cc(C(C)C)co1. The summed E-state index contributed by atoms with van der Waals surface area (Å²) in [7, 11) is -2.28. The predicted molar refractivity (Wildman–Crippen MR) is 131 cm³/mol. The highest BCUT2D eigenvalue weighted by Crippen LogP contribution is 2.42. The Labute approximate surface area is 198 Å². The summed E-state index contributed by atoms with van der Waals surface area (Å²) in [6.07, 6.45) is 4.00. The predicted octanol–water partition coefficient (Wildman–Crippen LogP) is 3.93. The van der Waals surface area contributed by atoms with E-state index in [4.69, 9.17) is 10.2 Å². The molecule has 0 spiro atoms. The number of aliphatic imine (C=N–C) groups is 2. The van der Waals surface area contributed by atoms with E-state index in [1.807, 2.05) is 13.0 Å². The number of thiol groups is 1. The van der Waals surface area contributed by atoms with Crippen molar-refractivity contribution in [2.45, 2.75) is 62.2 Å². The highest BCUT2D eigenvalue weighted by molar-refractivity contribution is 7.91. The molecule has 2 aromatic rings. The van der Waals surface area contributed by atoms with E-state index in [-0.39, 0.29) is 33.7 Å². The Hall–Kier alpha value is -2.02. The third kappa shape index (κ3) is 5.13. The van der Waals surface area contributed by atoms with Gasteiger partial charge in [-0.3, -0.25) is 4.99 Å². The van der Waals surface area contributed by atoms with Crippen LogP contribution in [0.3, 0.4) is 0 Å². The van der Waals surface area contributed by atoms with Crippen molar-refractivity contribution in [2.75, 3.05) is 7.05 Å². The van der Waals surface area contributed by atoms with Crippen molar-refractivity contribution >= 4 is 51.5 Å². The highest BCUT2D eigenvalue weighted by Gasteiger charge is 2.37. The van der Waals surface area contributed by atoms with E-state index in [0.717, 1.165) is 29.7 Å². The van der Waals surface area contributed by atoms with Crippen molar-refractivity contribution in [1.82, 2.24) is 9.03 Å². The number of sulfonamides is 1. The molecule has 176 valence electrons. The van der Waals surface area contributed by atoms with Gasteiger partial charge >= 0.3 is 0 Å². The average molecular weight is 500 g/mol. The molecule has 9 nitrogen and oxygen atoms in total. The van der Waals surface area contributed by atoms with E-state index in [1.54, 1.807) is 6.26 Å². The zero-order valence-corrected chi connectivity index (χ0v) is 21.0. The molecule has 0 aromatic carbocycles. The zero-order valence-electron chi connectivity index (χ0n) is 18.4. The maximum Gasteiger partial charge on any atom is 0.256 e. The first-order valence-electron chi connectivity index (χ1n) is 10.3. The number of thiophene rings is 1. The molecule has 1 aliphatic carbocycles. The number of amidine groups is 2. The second-order valence-electron chi connectivity index (χ2n) is 7.96. The molecule has 2 aromatic heterocycles. The number of aromatic hydroxyl groups is 1. The molecular formula is C20H29N5O4S3. The summed E-state index contributed by atoms with van der Waals surface area (Å²) in [4.78, 5) is 8.77. The summed E-state index contributed by atoms with van der Waals surface area (Å²) in [5, 5.41) is 12.0. The minimum Gasteiger partial charge on any atom is -0.504 e. The van der Waals surface area contributed by atoms with Gasteiger partial charge in [0.2, 0.25) is 0 Å². The Morgan fingerprint density at radius 3 is 2.69 bits per heavy atom. The van der Waals surface area contributed by atoms with Gasteiger partial charge in [-0.2, -0.15) is 4.31 Å². The third-order valence-electron chi connectivity index (χ3n) is 5.28. The van der Waals surface area contributed by atoms with Gasteiger partial charge in [0.1, 0.15) is 17.5 Å². The van der Waals surface area contributed by atoms with Crippen molar-refractivity contribution < 1.29 is 17.9 Å². The normalized spacial score (nSPS) is 16.7. The summed E-state index contributed by atoms with van der Waals surface area (Å²) in [6, 6.07) is 1.63. The maximum absolute atomic E-state index is 12.8. The lowest BCUT2D eigenvalue weighted by atomic mass is 10.1. The average Bonchev–Trinajstić information content (AvgIpc) is 3.36. The van der Waals surface area contributed by atoms with E-state index in [9.17, 15) is 13.5 Å². The smallest absolute Gasteiger partial charge is 0.256 e. The van der Waals surface area contributed by atoms with Gasteiger partial charge in [0.05, 0.1) is 6.26 Å². The lowest BCUT2D eigenvalue weighted by Gasteiger charge is -2.15. The van der Waals surface area contributed by atoms with Crippen molar-refractivity contribution in [1.29, 1.82) is 0 Å². The topological polar surface area (TPSA) is 134 Å². The van der Waals surface area contributed by atoms with Gasteiger partial charge in [0.25, 0.3) is 10.0 Å². The van der Waals surface area contributed by atoms with Gasteiger partial charge in [0.15, 0.2) is 21.6 Å². The molecule has 1 aliphatic rings. The molecule has 12 heteroatoms. The summed E-state index contributed by atoms with van der Waals surface area (Å²) in [5.41, 5.74) is 7.24. The van der Waals surface area contributed by atoms with Crippen LogP contribution in [0.1, 0.15) is 63.3 Å². The van der Waals surface area contributed by atoms with Crippen molar-refractivity contribution in [3.8, 4) is 5.75 Å². The Morgan fingerprint density at radius 2 is 2.16 bits per heavy atom. The Bertz CT molecular complexity index is 1120. The van der Waals surface area contributed by atoms with Crippen LogP contribution in [0.25, 0.3) is 0 Å². The van der Waals surface area contributed by atoms with Crippen LogP contribution in [0.5, 0.6) is 5.75 Å². The lowest BCUT2D eigenvalue weighted by Crippen LogP contribution is -2.32. The van der Waals surface area contributed by atoms with Crippen LogP contribution in [0.4, 0.5) is 5.69 Å². The number of hydrogen-bond donors (Lipinski definition) is 4. The molecule has 0 unspecified atom stereocenters. The van der Waals surface area contributed by atoms with Crippen LogP contribution in [0, 0.1) is 0 Å². The molecule has 0 amide bonds. The van der Waals surface area contributed by atoms with Crippen molar-refractivity contribution in [3.63, 3.8) is 0 Å². The number of nitrogens with one attached hydrogen (secondary N) is 1. The summed E-state index contributed by atoms with van der Waals surface area (Å²) in [6.45, 7) is 6.12. The fourth-order valence-electron chi connectivity index (χ4n) is 3.05. The van der Waals surface area contributed by atoms with Crippen LogP contribution >= 0.6 is 24.2 Å². The van der Waals surface area contributed by atoms with E-state index < -0.39 is 15.8 Å². The van der Waals surface area contributed by atoms with E-state index in [1.165, 1.54) is 16.7 Å². The molecular weight excluding hydrogens is 470 g/mol. The van der Waals surface area contributed by atoms with Crippen LogP contribution in [-0.2, 0) is 10.0 Å². The van der Waals surface area contributed by atoms with E-state index >= 15 is 0 Å².